The Morgan fingerprint density at radius 1 is 1.34 bits per heavy atom. The number of nitrogens with two attached hydrogens (primary N) is 1. The molecule has 0 aliphatic carbocycles. The number of carboxylic acid groups (broad SMARTS) is 2. The average molecular weight is 603 g/mol. The molecule has 18 heteroatoms. The van der Waals surface area contributed by atoms with Crippen LogP contribution in [0.4, 0.5) is 5.13 Å². The van der Waals surface area contributed by atoms with E-state index < -0.39 is 35.2 Å². The minimum atomic E-state index is -1.25. The highest BCUT2D eigenvalue weighted by Crippen LogP contribution is 2.42. The first-order valence-corrected chi connectivity index (χ1v) is 14.2. The molecule has 2 aromatic rings. The van der Waals surface area contributed by atoms with E-state index in [0.29, 0.717) is 26.2 Å². The molecular weight excluding hydrogens is 581 g/mol. The molecule has 0 saturated carbocycles. The van der Waals surface area contributed by atoms with Gasteiger partial charge in [0.15, 0.2) is 15.2 Å². The number of anilines is 1. The van der Waals surface area contributed by atoms with Crippen LogP contribution in [0, 0.1) is 6.92 Å². The average Bonchev–Trinajstić information content (AvgIpc) is 3.42. The minimum Gasteiger partial charge on any atom is -0.481 e. The van der Waals surface area contributed by atoms with Crippen LogP contribution in [0.3, 0.4) is 0 Å². The van der Waals surface area contributed by atoms with Gasteiger partial charge in [-0.15, -0.1) is 34.4 Å². The van der Waals surface area contributed by atoms with Crippen LogP contribution < -0.4 is 11.1 Å². The second-order valence-electron chi connectivity index (χ2n) is 7.66. The fourth-order valence-corrected chi connectivity index (χ4v) is 7.87. The third kappa shape index (κ3) is 5.93. The number of carboxylic acids is 2. The van der Waals surface area contributed by atoms with Crippen molar-refractivity contribution in [3.8, 4) is 0 Å². The number of fused-ring (bicyclic) bond motifs is 1. The maximum absolute atomic E-state index is 13.0. The molecule has 4 rings (SSSR count). The smallest absolute Gasteiger partial charge is 0.352 e. The van der Waals surface area contributed by atoms with Gasteiger partial charge in [0.2, 0.25) is 0 Å². The van der Waals surface area contributed by atoms with Crippen molar-refractivity contribution in [2.75, 3.05) is 24.3 Å². The molecule has 7 N–H and O–H groups in total. The number of hydrogen-bond donors (Lipinski definition) is 4. The van der Waals surface area contributed by atoms with E-state index in [1.165, 1.54) is 52.3 Å². The molecule has 4 heterocycles. The summed E-state index contributed by atoms with van der Waals surface area (Å²) >= 11 is 4.98. The normalized spacial score (nSPS) is 18.8. The lowest BCUT2D eigenvalue weighted by molar-refractivity contribution is -0.150. The van der Waals surface area contributed by atoms with E-state index >= 15 is 0 Å². The summed E-state index contributed by atoms with van der Waals surface area (Å²) in [7, 11) is 1.26. The number of oxime groups is 1. The Morgan fingerprint density at radius 3 is 2.68 bits per heavy atom. The highest BCUT2D eigenvalue weighted by atomic mass is 32.2. The Labute approximate surface area is 231 Å². The molecule has 0 radical (unpaired) electrons. The molecule has 1 saturated heterocycles. The number of thioether (sulfide) groups is 2. The van der Waals surface area contributed by atoms with Crippen LogP contribution in [0.15, 0.2) is 26.1 Å². The second-order valence-corrected chi connectivity index (χ2v) is 12.0. The molecule has 204 valence electrons. The van der Waals surface area contributed by atoms with E-state index in [1.807, 2.05) is 0 Å². The molecule has 0 spiro atoms. The summed E-state index contributed by atoms with van der Waals surface area (Å²) in [6.07, 6.45) is -0.132. The van der Waals surface area contributed by atoms with Crippen molar-refractivity contribution in [1.82, 2.24) is 20.2 Å². The molecule has 0 aromatic carbocycles. The van der Waals surface area contributed by atoms with Gasteiger partial charge in [0.05, 0.1) is 12.1 Å². The molecule has 2 amide bonds. The number of aromatic nitrogens is 2. The molecule has 38 heavy (non-hydrogen) atoms. The minimum absolute atomic E-state index is 0. The van der Waals surface area contributed by atoms with Gasteiger partial charge in [0, 0.05) is 21.8 Å². The number of nitrogens with one attached hydrogen (secondary N) is 1. The number of aliphatic carboxylic acids is 2. The molecule has 2 aliphatic heterocycles. The number of carbonyl (C=O) groups is 4. The Morgan fingerprint density at radius 2 is 2.08 bits per heavy atom. The van der Waals surface area contributed by atoms with E-state index in [0.717, 1.165) is 11.3 Å². The van der Waals surface area contributed by atoms with Gasteiger partial charge in [-0.25, -0.2) is 14.8 Å². The van der Waals surface area contributed by atoms with Gasteiger partial charge >= 0.3 is 11.9 Å². The Kier molecular flexibility index (Phi) is 9.36. The number of thiazole rings is 2. The van der Waals surface area contributed by atoms with Gasteiger partial charge in [0.1, 0.15) is 29.9 Å². The van der Waals surface area contributed by atoms with Crippen molar-refractivity contribution in [2.24, 2.45) is 5.16 Å². The molecule has 0 bridgehead atoms. The fraction of sp³-hybridized carbons (Fsp3) is 0.350. The number of aryl methyl sites for hydroxylation is 1. The molecule has 2 atom stereocenters. The van der Waals surface area contributed by atoms with Gasteiger partial charge in [-0.05, 0) is 12.5 Å². The number of amides is 2. The number of nitrogens with zero attached hydrogens (tertiary/aromatic N) is 4. The van der Waals surface area contributed by atoms with Crippen LogP contribution in [-0.2, 0) is 30.4 Å². The van der Waals surface area contributed by atoms with E-state index in [2.05, 4.69) is 20.4 Å². The number of β-lactam (4-membered cyclic amide) rings is 1. The third-order valence-electron chi connectivity index (χ3n) is 5.25. The van der Waals surface area contributed by atoms with Crippen molar-refractivity contribution in [2.45, 2.75) is 29.1 Å². The second kappa shape index (κ2) is 12.1. The van der Waals surface area contributed by atoms with Crippen molar-refractivity contribution in [1.29, 1.82) is 0 Å². The van der Waals surface area contributed by atoms with Crippen LogP contribution in [0.25, 0.3) is 0 Å². The lowest BCUT2D eigenvalue weighted by Crippen LogP contribution is -2.71. The first-order valence-electron chi connectivity index (χ1n) is 10.4. The fourth-order valence-electron chi connectivity index (χ4n) is 3.61. The summed E-state index contributed by atoms with van der Waals surface area (Å²) in [5.74, 6) is -2.89. The van der Waals surface area contributed by atoms with Crippen molar-refractivity contribution in [3.05, 3.63) is 32.9 Å². The first kappa shape index (κ1) is 29.4. The number of carbonyl (C=O) groups excluding carboxylic acids is 2. The molecular formula is C20H22N6O8S4. The van der Waals surface area contributed by atoms with Crippen LogP contribution >= 0.6 is 46.2 Å². The van der Waals surface area contributed by atoms with E-state index in [9.17, 15) is 24.3 Å². The van der Waals surface area contributed by atoms with Gasteiger partial charge in [0.25, 0.3) is 11.8 Å². The Bertz CT molecular complexity index is 1340. The van der Waals surface area contributed by atoms with Crippen LogP contribution in [0.1, 0.15) is 16.3 Å². The van der Waals surface area contributed by atoms with E-state index in [4.69, 9.17) is 15.7 Å². The zero-order valence-corrected chi connectivity index (χ0v) is 23.1. The predicted molar refractivity (Wildman–Crippen MR) is 142 cm³/mol. The monoisotopic (exact) mass is 602 g/mol. The van der Waals surface area contributed by atoms with Crippen LogP contribution in [-0.4, -0.2) is 90.1 Å². The zero-order chi connectivity index (χ0) is 26.9. The highest BCUT2D eigenvalue weighted by molar-refractivity contribution is 8.01. The maximum Gasteiger partial charge on any atom is 0.352 e. The van der Waals surface area contributed by atoms with Crippen molar-refractivity contribution >= 4 is 80.8 Å². The van der Waals surface area contributed by atoms with Crippen molar-refractivity contribution < 1.29 is 39.7 Å². The highest BCUT2D eigenvalue weighted by Gasteiger charge is 2.54. The van der Waals surface area contributed by atoms with Crippen molar-refractivity contribution in [3.63, 3.8) is 0 Å². The zero-order valence-electron chi connectivity index (χ0n) is 19.8. The van der Waals surface area contributed by atoms with Gasteiger partial charge < -0.3 is 31.6 Å². The standard InChI is InChI=1S/C20H20N6O7S4.H2O/c1-7-10(3-11(27)28)37-20(22-7)36-5-8-4-34-17-13(16(30)26(17)14(8)18(31)32)24-15(29)12(25-33-2)9-6-35-19(21)23-9;/h6,13,17H,3-5H2,1-2H3,(H2,21,23)(H,24,29)(H,27,28)(H,31,32);1H2/b25-12-;/t13-,17-;/m1./s1. The largest absolute Gasteiger partial charge is 0.481 e. The molecule has 14 nitrogen and oxygen atoms in total. The molecule has 0 unspecified atom stereocenters. The maximum atomic E-state index is 13.0. The van der Waals surface area contributed by atoms with Gasteiger partial charge in [-0.3, -0.25) is 19.3 Å². The third-order valence-corrected chi connectivity index (χ3v) is 9.65. The summed E-state index contributed by atoms with van der Waals surface area (Å²) < 4.78 is 0.617. The topological polar surface area (TPSA) is 229 Å². The summed E-state index contributed by atoms with van der Waals surface area (Å²) in [5.41, 5.74) is 6.70. The molecule has 2 aliphatic rings. The Hall–Kier alpha value is -3.19. The van der Waals surface area contributed by atoms with Gasteiger partial charge in [-0.1, -0.05) is 16.9 Å². The van der Waals surface area contributed by atoms with E-state index in [-0.39, 0.29) is 39.9 Å². The quantitative estimate of drug-likeness (QED) is 0.123. The Balaban J connectivity index is 0.00000400. The summed E-state index contributed by atoms with van der Waals surface area (Å²) in [6.45, 7) is 1.72. The lowest BCUT2D eigenvalue weighted by atomic mass is 10.0. The molecule has 1 fully saturated rings. The summed E-state index contributed by atoms with van der Waals surface area (Å²) in [4.78, 5) is 63.9. The lowest BCUT2D eigenvalue weighted by Gasteiger charge is -2.49. The number of rotatable bonds is 10. The SMILES string of the molecule is CO/N=C(\C(=O)N[C@@H]1C(=O)N2C(C(=O)O)=C(CSc3nc(C)c(CC(=O)O)s3)CS[C@H]12)c1csc(N)n1.O. The number of nitrogen functional groups attached to an aromatic ring is 1. The van der Waals surface area contributed by atoms with Gasteiger partial charge in [-0.2, -0.15) is 0 Å². The van der Waals surface area contributed by atoms with E-state index in [1.54, 1.807) is 6.92 Å². The van der Waals surface area contributed by atoms with Crippen LogP contribution in [0.2, 0.25) is 0 Å². The predicted octanol–water partition coefficient (Wildman–Crippen LogP) is 0.174. The van der Waals surface area contributed by atoms with Crippen LogP contribution in [0.5, 0.6) is 0 Å². The summed E-state index contributed by atoms with van der Waals surface area (Å²) in [5, 5.41) is 26.3. The molecule has 2 aromatic heterocycles. The number of hydrogen-bond acceptors (Lipinski definition) is 13. The summed E-state index contributed by atoms with van der Waals surface area (Å²) in [6, 6.07) is -0.959. The first-order chi connectivity index (χ1) is 17.6.